The Morgan fingerprint density at radius 2 is 1.89 bits per heavy atom. The van der Waals surface area contributed by atoms with E-state index in [1.807, 2.05) is 0 Å². The lowest BCUT2D eigenvalue weighted by atomic mass is 10.0. The van der Waals surface area contributed by atoms with E-state index in [4.69, 9.17) is 4.74 Å². The van der Waals surface area contributed by atoms with Crippen molar-refractivity contribution < 1.29 is 4.74 Å². The third-order valence-corrected chi connectivity index (χ3v) is 6.48. The van der Waals surface area contributed by atoms with Crippen molar-refractivity contribution in [3.8, 4) is 0 Å². The Kier molecular flexibility index (Phi) is 4.85. The number of ether oxygens (including phenoxy) is 1. The van der Waals surface area contributed by atoms with Crippen LogP contribution in [0.1, 0.15) is 44.1 Å². The van der Waals surface area contributed by atoms with Gasteiger partial charge in [-0.3, -0.25) is 4.79 Å². The highest BCUT2D eigenvalue weighted by molar-refractivity contribution is 5.57. The van der Waals surface area contributed by atoms with Gasteiger partial charge < -0.3 is 19.5 Å². The standard InChI is InChI=1S/C23H29N3O2/c27-22-15-19(26-16-20-10-11-23(26)28-20)14-21(24-22)25-12-6-2-5-9-18(25)13-17-7-3-1-4-8-17/h1,3-4,7-8,14-15,18,20,23H,2,5-6,9-13,16H2,(H,24,27)/t18-,20?,23?/m1/s1. The minimum Gasteiger partial charge on any atom is -0.355 e. The maximum Gasteiger partial charge on any atom is 0.251 e. The van der Waals surface area contributed by atoms with Crippen molar-refractivity contribution >= 4 is 11.5 Å². The summed E-state index contributed by atoms with van der Waals surface area (Å²) in [5.41, 5.74) is 2.36. The van der Waals surface area contributed by atoms with E-state index in [0.717, 1.165) is 43.9 Å². The molecule has 3 aliphatic rings. The highest BCUT2D eigenvalue weighted by Gasteiger charge is 2.39. The molecule has 5 heteroatoms. The maximum absolute atomic E-state index is 12.5. The van der Waals surface area contributed by atoms with Crippen molar-refractivity contribution in [3.05, 3.63) is 58.4 Å². The van der Waals surface area contributed by atoms with Crippen molar-refractivity contribution in [3.63, 3.8) is 0 Å². The van der Waals surface area contributed by atoms with Crippen LogP contribution in [0.25, 0.3) is 0 Å². The predicted molar refractivity (Wildman–Crippen MR) is 112 cm³/mol. The van der Waals surface area contributed by atoms with Crippen LogP contribution in [-0.2, 0) is 11.2 Å². The number of aromatic nitrogens is 1. The molecule has 1 aromatic carbocycles. The summed E-state index contributed by atoms with van der Waals surface area (Å²) in [4.78, 5) is 20.4. The molecular weight excluding hydrogens is 350 g/mol. The monoisotopic (exact) mass is 379 g/mol. The normalized spacial score (nSPS) is 27.2. The van der Waals surface area contributed by atoms with Gasteiger partial charge in [-0.25, -0.2) is 0 Å². The lowest BCUT2D eigenvalue weighted by Gasteiger charge is -2.33. The number of aromatic amines is 1. The number of hydrogen-bond acceptors (Lipinski definition) is 4. The van der Waals surface area contributed by atoms with E-state index in [9.17, 15) is 4.79 Å². The molecule has 5 rings (SSSR count). The Morgan fingerprint density at radius 1 is 1.00 bits per heavy atom. The zero-order chi connectivity index (χ0) is 18.9. The number of anilines is 2. The first-order valence-electron chi connectivity index (χ1n) is 10.7. The SMILES string of the molecule is O=c1cc(N2CC3CCC2O3)cc(N2CCCCC[C@@H]2Cc2ccccc2)[nH]1. The number of H-pyrrole nitrogens is 1. The van der Waals surface area contributed by atoms with Gasteiger partial charge in [0.1, 0.15) is 12.0 Å². The second kappa shape index (κ2) is 7.63. The van der Waals surface area contributed by atoms with Crippen LogP contribution in [0.4, 0.5) is 11.5 Å². The average Bonchev–Trinajstić information content (AvgIpc) is 3.27. The second-order valence-electron chi connectivity index (χ2n) is 8.42. The zero-order valence-corrected chi connectivity index (χ0v) is 16.3. The van der Waals surface area contributed by atoms with Gasteiger partial charge in [0.15, 0.2) is 0 Å². The molecule has 3 saturated heterocycles. The third-order valence-electron chi connectivity index (χ3n) is 6.48. The van der Waals surface area contributed by atoms with Crippen LogP contribution in [0.2, 0.25) is 0 Å². The molecule has 0 radical (unpaired) electrons. The van der Waals surface area contributed by atoms with Gasteiger partial charge in [0, 0.05) is 37.0 Å². The largest absolute Gasteiger partial charge is 0.355 e. The van der Waals surface area contributed by atoms with Crippen molar-refractivity contribution in [2.45, 2.75) is 63.3 Å². The van der Waals surface area contributed by atoms with E-state index in [1.54, 1.807) is 6.07 Å². The quantitative estimate of drug-likeness (QED) is 0.880. The number of fused-ring (bicyclic) bond motifs is 2. The number of rotatable bonds is 4. The Hall–Kier alpha value is -2.27. The van der Waals surface area contributed by atoms with Crippen LogP contribution in [0.5, 0.6) is 0 Å². The van der Waals surface area contributed by atoms with Gasteiger partial charge in [-0.15, -0.1) is 0 Å². The van der Waals surface area contributed by atoms with Gasteiger partial charge in [-0.1, -0.05) is 43.2 Å². The second-order valence-corrected chi connectivity index (χ2v) is 8.42. The van der Waals surface area contributed by atoms with Crippen LogP contribution in [0, 0.1) is 0 Å². The van der Waals surface area contributed by atoms with E-state index >= 15 is 0 Å². The van der Waals surface area contributed by atoms with Crippen LogP contribution >= 0.6 is 0 Å². The fourth-order valence-corrected chi connectivity index (χ4v) is 5.09. The highest BCUT2D eigenvalue weighted by atomic mass is 16.5. The van der Waals surface area contributed by atoms with Gasteiger partial charge >= 0.3 is 0 Å². The fourth-order valence-electron chi connectivity index (χ4n) is 5.09. The van der Waals surface area contributed by atoms with E-state index < -0.39 is 0 Å². The lowest BCUT2D eigenvalue weighted by Crippen LogP contribution is -2.39. The summed E-state index contributed by atoms with van der Waals surface area (Å²) in [6, 6.07) is 15.0. The van der Waals surface area contributed by atoms with Crippen LogP contribution in [-0.4, -0.2) is 36.4 Å². The topological polar surface area (TPSA) is 48.6 Å². The number of benzene rings is 1. The number of piperidine rings is 1. The molecule has 4 heterocycles. The molecule has 5 nitrogen and oxygen atoms in total. The average molecular weight is 380 g/mol. The molecule has 0 spiro atoms. The van der Waals surface area contributed by atoms with Gasteiger partial charge in [-0.2, -0.15) is 0 Å². The number of nitrogens with zero attached hydrogens (tertiary/aromatic N) is 2. The summed E-state index contributed by atoms with van der Waals surface area (Å²) in [5, 5.41) is 0. The molecule has 1 N–H and O–H groups in total. The Balaban J connectivity index is 1.44. The van der Waals surface area contributed by atoms with Crippen molar-refractivity contribution in [1.29, 1.82) is 0 Å². The molecular formula is C23H29N3O2. The summed E-state index contributed by atoms with van der Waals surface area (Å²) in [5.74, 6) is 0.966. The van der Waals surface area contributed by atoms with E-state index in [2.05, 4.69) is 51.2 Å². The summed E-state index contributed by atoms with van der Waals surface area (Å²) in [6.07, 6.45) is 8.55. The first kappa shape index (κ1) is 17.8. The van der Waals surface area contributed by atoms with E-state index in [1.165, 1.54) is 31.2 Å². The van der Waals surface area contributed by atoms with Gasteiger partial charge in [0.25, 0.3) is 5.56 Å². The first-order chi connectivity index (χ1) is 13.8. The summed E-state index contributed by atoms with van der Waals surface area (Å²) in [7, 11) is 0. The van der Waals surface area contributed by atoms with Crippen molar-refractivity contribution in [2.24, 2.45) is 0 Å². The molecule has 148 valence electrons. The number of nitrogens with one attached hydrogen (secondary N) is 1. The third kappa shape index (κ3) is 3.55. The molecule has 0 saturated carbocycles. The summed E-state index contributed by atoms with van der Waals surface area (Å²) < 4.78 is 5.98. The molecule has 28 heavy (non-hydrogen) atoms. The van der Waals surface area contributed by atoms with Gasteiger partial charge in [-0.05, 0) is 37.7 Å². The van der Waals surface area contributed by atoms with Crippen LogP contribution < -0.4 is 15.4 Å². The van der Waals surface area contributed by atoms with Crippen molar-refractivity contribution in [2.75, 3.05) is 22.9 Å². The molecule has 2 aromatic rings. The van der Waals surface area contributed by atoms with Gasteiger partial charge in [0.2, 0.25) is 0 Å². The Bertz CT molecular complexity index is 866. The number of hydrogen-bond donors (Lipinski definition) is 1. The molecule has 3 fully saturated rings. The zero-order valence-electron chi connectivity index (χ0n) is 16.3. The molecule has 3 atom stereocenters. The Morgan fingerprint density at radius 3 is 2.68 bits per heavy atom. The van der Waals surface area contributed by atoms with Crippen LogP contribution in [0.3, 0.4) is 0 Å². The summed E-state index contributed by atoms with van der Waals surface area (Å²) >= 11 is 0. The van der Waals surface area contributed by atoms with E-state index in [0.29, 0.717) is 12.1 Å². The minimum atomic E-state index is -0.0158. The maximum atomic E-state index is 12.5. The molecule has 2 unspecified atom stereocenters. The molecule has 0 aliphatic carbocycles. The predicted octanol–water partition coefficient (Wildman–Crippen LogP) is 3.69. The molecule has 0 amide bonds. The smallest absolute Gasteiger partial charge is 0.251 e. The Labute approximate surface area is 166 Å². The number of pyridine rings is 1. The molecule has 1 aromatic heterocycles. The highest BCUT2D eigenvalue weighted by Crippen LogP contribution is 2.35. The lowest BCUT2D eigenvalue weighted by molar-refractivity contribution is 0.108. The first-order valence-corrected chi connectivity index (χ1v) is 10.7. The van der Waals surface area contributed by atoms with Crippen LogP contribution in [0.15, 0.2) is 47.3 Å². The summed E-state index contributed by atoms with van der Waals surface area (Å²) in [6.45, 7) is 1.90. The molecule has 3 aliphatic heterocycles. The van der Waals surface area contributed by atoms with E-state index in [-0.39, 0.29) is 11.8 Å². The minimum absolute atomic E-state index is 0.0158. The molecule has 2 bridgehead atoms. The fraction of sp³-hybridized carbons (Fsp3) is 0.522. The van der Waals surface area contributed by atoms with Gasteiger partial charge in [0.05, 0.1) is 6.10 Å². The van der Waals surface area contributed by atoms with Crippen molar-refractivity contribution in [1.82, 2.24) is 4.98 Å².